The van der Waals surface area contributed by atoms with Gasteiger partial charge in [0, 0.05) is 24.9 Å². The highest BCUT2D eigenvalue weighted by Gasteiger charge is 2.27. The molecule has 0 spiro atoms. The molecule has 0 atom stereocenters. The first-order valence-corrected chi connectivity index (χ1v) is 6.89. The second-order valence-corrected chi connectivity index (χ2v) is 5.95. The van der Waals surface area contributed by atoms with Gasteiger partial charge in [0.2, 0.25) is 0 Å². The summed E-state index contributed by atoms with van der Waals surface area (Å²) >= 11 is 6.16. The predicted octanol–water partition coefficient (Wildman–Crippen LogP) is 3.84. The Morgan fingerprint density at radius 1 is 1.39 bits per heavy atom. The summed E-state index contributed by atoms with van der Waals surface area (Å²) in [5.41, 5.74) is 1.22. The molecule has 0 bridgehead atoms. The number of nitrogens with zero attached hydrogens (tertiary/aromatic N) is 1. The standard InChI is InChI=1S/C14H21ClN2O/c1-10(2)11-8-13(16-9-12(11)15)17-14(3)4-6-18-7-5-14/h8-10H,4-7H2,1-3H3,(H,16,17). The number of hydrogen-bond donors (Lipinski definition) is 1. The average Bonchev–Trinajstić information content (AvgIpc) is 2.32. The first kappa shape index (κ1) is 13.6. The first-order valence-electron chi connectivity index (χ1n) is 6.51. The van der Waals surface area contributed by atoms with Gasteiger partial charge < -0.3 is 10.1 Å². The smallest absolute Gasteiger partial charge is 0.126 e. The summed E-state index contributed by atoms with van der Waals surface area (Å²) in [4.78, 5) is 4.38. The molecule has 2 heterocycles. The van der Waals surface area contributed by atoms with Crippen LogP contribution in [0.1, 0.15) is 45.1 Å². The van der Waals surface area contributed by atoms with Gasteiger partial charge in [0.25, 0.3) is 0 Å². The van der Waals surface area contributed by atoms with E-state index in [1.54, 1.807) is 6.20 Å². The van der Waals surface area contributed by atoms with Gasteiger partial charge in [-0.3, -0.25) is 0 Å². The van der Waals surface area contributed by atoms with Gasteiger partial charge in [-0.2, -0.15) is 0 Å². The van der Waals surface area contributed by atoms with Crippen molar-refractivity contribution >= 4 is 17.4 Å². The van der Waals surface area contributed by atoms with Gasteiger partial charge in [0.1, 0.15) is 5.82 Å². The third kappa shape index (κ3) is 3.15. The molecular formula is C14H21ClN2O. The van der Waals surface area contributed by atoms with Crippen molar-refractivity contribution in [2.24, 2.45) is 0 Å². The Morgan fingerprint density at radius 3 is 2.67 bits per heavy atom. The molecule has 1 aliphatic heterocycles. The van der Waals surface area contributed by atoms with Crippen LogP contribution in [-0.4, -0.2) is 23.7 Å². The molecular weight excluding hydrogens is 248 g/mol. The first-order chi connectivity index (χ1) is 8.50. The van der Waals surface area contributed by atoms with Crippen molar-refractivity contribution in [3.8, 4) is 0 Å². The minimum Gasteiger partial charge on any atom is -0.381 e. The van der Waals surface area contributed by atoms with Crippen LogP contribution in [0.25, 0.3) is 0 Å². The fourth-order valence-corrected chi connectivity index (χ4v) is 2.54. The number of aromatic nitrogens is 1. The van der Waals surface area contributed by atoms with Crippen LogP contribution in [0.4, 0.5) is 5.82 Å². The number of rotatable bonds is 3. The van der Waals surface area contributed by atoms with Crippen LogP contribution in [0.3, 0.4) is 0 Å². The summed E-state index contributed by atoms with van der Waals surface area (Å²) in [5, 5.41) is 4.27. The third-order valence-corrected chi connectivity index (χ3v) is 3.85. The monoisotopic (exact) mass is 268 g/mol. The molecule has 1 saturated heterocycles. The van der Waals surface area contributed by atoms with E-state index in [1.807, 2.05) is 0 Å². The molecule has 0 saturated carbocycles. The van der Waals surface area contributed by atoms with E-state index in [9.17, 15) is 0 Å². The van der Waals surface area contributed by atoms with Crippen LogP contribution in [0, 0.1) is 0 Å². The molecule has 18 heavy (non-hydrogen) atoms. The van der Waals surface area contributed by atoms with Crippen molar-refractivity contribution in [3.63, 3.8) is 0 Å². The topological polar surface area (TPSA) is 34.1 Å². The second kappa shape index (κ2) is 5.45. The van der Waals surface area contributed by atoms with Crippen molar-refractivity contribution in [1.29, 1.82) is 0 Å². The van der Waals surface area contributed by atoms with Crippen molar-refractivity contribution in [2.75, 3.05) is 18.5 Å². The Kier molecular flexibility index (Phi) is 4.13. The van der Waals surface area contributed by atoms with E-state index >= 15 is 0 Å². The van der Waals surface area contributed by atoms with Crippen LogP contribution in [-0.2, 0) is 4.74 Å². The van der Waals surface area contributed by atoms with Crippen LogP contribution in [0.5, 0.6) is 0 Å². The Bertz CT molecular complexity index is 414. The SMILES string of the molecule is CC(C)c1cc(NC2(C)CCOCC2)ncc1Cl. The minimum atomic E-state index is 0.0767. The molecule has 4 heteroatoms. The summed E-state index contributed by atoms with van der Waals surface area (Å²) in [6.45, 7) is 8.13. The number of hydrogen-bond acceptors (Lipinski definition) is 3. The van der Waals surface area contributed by atoms with Gasteiger partial charge in [0.05, 0.1) is 5.02 Å². The highest BCUT2D eigenvalue weighted by molar-refractivity contribution is 6.31. The van der Waals surface area contributed by atoms with Crippen molar-refractivity contribution in [1.82, 2.24) is 4.98 Å². The highest BCUT2D eigenvalue weighted by atomic mass is 35.5. The number of halogens is 1. The lowest BCUT2D eigenvalue weighted by Crippen LogP contribution is -2.40. The van der Waals surface area contributed by atoms with Gasteiger partial charge in [0.15, 0.2) is 0 Å². The Hall–Kier alpha value is -0.800. The number of anilines is 1. The molecule has 100 valence electrons. The van der Waals surface area contributed by atoms with Crippen LogP contribution >= 0.6 is 11.6 Å². The van der Waals surface area contributed by atoms with Crippen molar-refractivity contribution < 1.29 is 4.74 Å². The summed E-state index contributed by atoms with van der Waals surface area (Å²) in [5.74, 6) is 1.32. The maximum atomic E-state index is 6.16. The molecule has 3 nitrogen and oxygen atoms in total. The van der Waals surface area contributed by atoms with E-state index < -0.39 is 0 Å². The van der Waals surface area contributed by atoms with Gasteiger partial charge >= 0.3 is 0 Å². The molecule has 1 aromatic rings. The summed E-state index contributed by atoms with van der Waals surface area (Å²) in [6, 6.07) is 2.06. The number of ether oxygens (including phenoxy) is 1. The molecule has 1 aliphatic rings. The zero-order valence-corrected chi connectivity index (χ0v) is 12.0. The molecule has 1 aromatic heterocycles. The van der Waals surface area contributed by atoms with Crippen LogP contribution in [0.2, 0.25) is 5.02 Å². The molecule has 2 rings (SSSR count). The van der Waals surface area contributed by atoms with E-state index in [1.165, 1.54) is 0 Å². The zero-order valence-electron chi connectivity index (χ0n) is 11.3. The number of pyridine rings is 1. The van der Waals surface area contributed by atoms with E-state index in [-0.39, 0.29) is 5.54 Å². The fourth-order valence-electron chi connectivity index (χ4n) is 2.22. The molecule has 0 unspecified atom stereocenters. The van der Waals surface area contributed by atoms with E-state index in [2.05, 4.69) is 37.1 Å². The fraction of sp³-hybridized carbons (Fsp3) is 0.643. The summed E-state index contributed by atoms with van der Waals surface area (Å²) < 4.78 is 5.40. The van der Waals surface area contributed by atoms with Gasteiger partial charge in [-0.25, -0.2) is 4.98 Å². The van der Waals surface area contributed by atoms with Crippen molar-refractivity contribution in [2.45, 2.75) is 45.1 Å². The minimum absolute atomic E-state index is 0.0767. The lowest BCUT2D eigenvalue weighted by atomic mass is 9.92. The number of nitrogens with one attached hydrogen (secondary N) is 1. The second-order valence-electron chi connectivity index (χ2n) is 5.54. The molecule has 0 aliphatic carbocycles. The van der Waals surface area contributed by atoms with E-state index in [0.717, 1.165) is 42.5 Å². The normalized spacial score (nSPS) is 18.9. The maximum absolute atomic E-state index is 6.16. The summed E-state index contributed by atoms with van der Waals surface area (Å²) in [7, 11) is 0. The molecule has 0 amide bonds. The van der Waals surface area contributed by atoms with Gasteiger partial charge in [-0.15, -0.1) is 0 Å². The zero-order chi connectivity index (χ0) is 13.2. The Labute approximate surface area is 114 Å². The highest BCUT2D eigenvalue weighted by Crippen LogP contribution is 2.29. The quantitative estimate of drug-likeness (QED) is 0.904. The lowest BCUT2D eigenvalue weighted by Gasteiger charge is -2.35. The van der Waals surface area contributed by atoms with Crippen LogP contribution < -0.4 is 5.32 Å². The molecule has 1 fully saturated rings. The maximum Gasteiger partial charge on any atom is 0.126 e. The largest absolute Gasteiger partial charge is 0.381 e. The Balaban J connectivity index is 2.16. The lowest BCUT2D eigenvalue weighted by molar-refractivity contribution is 0.0657. The van der Waals surface area contributed by atoms with Crippen LogP contribution in [0.15, 0.2) is 12.3 Å². The molecule has 1 N–H and O–H groups in total. The van der Waals surface area contributed by atoms with E-state index in [4.69, 9.17) is 16.3 Å². The van der Waals surface area contributed by atoms with E-state index in [0.29, 0.717) is 5.92 Å². The van der Waals surface area contributed by atoms with Crippen molar-refractivity contribution in [3.05, 3.63) is 22.8 Å². The predicted molar refractivity (Wildman–Crippen MR) is 75.4 cm³/mol. The average molecular weight is 269 g/mol. The Morgan fingerprint density at radius 2 is 2.06 bits per heavy atom. The summed E-state index contributed by atoms with van der Waals surface area (Å²) in [6.07, 6.45) is 3.75. The molecule has 0 aromatic carbocycles. The van der Waals surface area contributed by atoms with Gasteiger partial charge in [-0.1, -0.05) is 25.4 Å². The van der Waals surface area contributed by atoms with Gasteiger partial charge in [-0.05, 0) is 37.3 Å². The molecule has 0 radical (unpaired) electrons. The third-order valence-electron chi connectivity index (χ3n) is 3.53.